The van der Waals surface area contributed by atoms with E-state index < -0.39 is 0 Å². The molecule has 0 spiro atoms. The minimum atomic E-state index is -0.242. The van der Waals surface area contributed by atoms with Gasteiger partial charge in [-0.25, -0.2) is 14.4 Å². The van der Waals surface area contributed by atoms with Gasteiger partial charge in [0.2, 0.25) is 0 Å². The van der Waals surface area contributed by atoms with Crippen LogP contribution in [0.4, 0.5) is 10.2 Å². The minimum absolute atomic E-state index is 0.242. The van der Waals surface area contributed by atoms with Gasteiger partial charge in [-0.15, -0.1) is 0 Å². The molecule has 4 nitrogen and oxygen atoms in total. The Morgan fingerprint density at radius 2 is 2.05 bits per heavy atom. The molecule has 1 N–H and O–H groups in total. The Balaban J connectivity index is 1.94. The van der Waals surface area contributed by atoms with Gasteiger partial charge in [-0.2, -0.15) is 0 Å². The summed E-state index contributed by atoms with van der Waals surface area (Å²) in [5.41, 5.74) is 0.513. The first-order valence-corrected chi connectivity index (χ1v) is 7.59. The molecule has 0 atom stereocenters. The number of anilines is 1. The van der Waals surface area contributed by atoms with E-state index in [-0.39, 0.29) is 5.82 Å². The lowest BCUT2D eigenvalue weighted by Gasteiger charge is -2.33. The van der Waals surface area contributed by atoms with Crippen molar-refractivity contribution in [2.75, 3.05) is 24.5 Å². The van der Waals surface area contributed by atoms with Crippen molar-refractivity contribution < 1.29 is 4.39 Å². The summed E-state index contributed by atoms with van der Waals surface area (Å²) in [6.07, 6.45) is 4.26. The van der Waals surface area contributed by atoms with Gasteiger partial charge >= 0.3 is 0 Å². The number of rotatable bonds is 5. The lowest BCUT2D eigenvalue weighted by Crippen LogP contribution is -2.39. The van der Waals surface area contributed by atoms with Crippen molar-refractivity contribution >= 4 is 5.82 Å². The fourth-order valence-corrected chi connectivity index (χ4v) is 2.61. The molecule has 0 amide bonds. The van der Waals surface area contributed by atoms with Crippen LogP contribution in [0, 0.1) is 11.7 Å². The molecule has 5 heteroatoms. The van der Waals surface area contributed by atoms with Crippen molar-refractivity contribution in [3.63, 3.8) is 0 Å². The highest BCUT2D eigenvalue weighted by molar-refractivity contribution is 5.41. The molecule has 112 valence electrons. The van der Waals surface area contributed by atoms with Crippen molar-refractivity contribution in [1.82, 2.24) is 15.3 Å². The van der Waals surface area contributed by atoms with E-state index in [2.05, 4.69) is 34.0 Å². The third-order valence-corrected chi connectivity index (χ3v) is 3.91. The fraction of sp³-hybridized carbons (Fsp3) is 0.733. The SMILES string of the molecule is CCc1ncnc(N2CCC(CNC(C)C)CC2)c1F. The molecule has 1 aliphatic rings. The zero-order valence-electron chi connectivity index (χ0n) is 12.7. The molecule has 20 heavy (non-hydrogen) atoms. The Morgan fingerprint density at radius 1 is 1.35 bits per heavy atom. The Morgan fingerprint density at radius 3 is 2.65 bits per heavy atom. The number of nitrogens with one attached hydrogen (secondary N) is 1. The molecular weight excluding hydrogens is 255 g/mol. The Hall–Kier alpha value is -1.23. The summed E-state index contributed by atoms with van der Waals surface area (Å²) in [6, 6.07) is 0.527. The van der Waals surface area contributed by atoms with E-state index in [1.165, 1.54) is 6.33 Å². The molecule has 2 heterocycles. The molecule has 0 saturated carbocycles. The second-order valence-electron chi connectivity index (χ2n) is 5.80. The van der Waals surface area contributed by atoms with Crippen molar-refractivity contribution in [3.05, 3.63) is 17.8 Å². The summed E-state index contributed by atoms with van der Waals surface area (Å²) in [6.45, 7) is 9.05. The summed E-state index contributed by atoms with van der Waals surface area (Å²) >= 11 is 0. The van der Waals surface area contributed by atoms with Gasteiger partial charge in [0.05, 0.1) is 5.69 Å². The Labute approximate surface area is 120 Å². The van der Waals surface area contributed by atoms with E-state index >= 15 is 0 Å². The number of nitrogens with zero attached hydrogens (tertiary/aromatic N) is 3. The molecule has 1 aliphatic heterocycles. The highest BCUT2D eigenvalue weighted by atomic mass is 19.1. The topological polar surface area (TPSA) is 41.1 Å². The summed E-state index contributed by atoms with van der Waals surface area (Å²) in [4.78, 5) is 10.2. The van der Waals surface area contributed by atoms with E-state index in [1.807, 2.05) is 6.92 Å². The van der Waals surface area contributed by atoms with Crippen LogP contribution in [0.3, 0.4) is 0 Å². The third-order valence-electron chi connectivity index (χ3n) is 3.91. The highest BCUT2D eigenvalue weighted by Gasteiger charge is 2.23. The second-order valence-corrected chi connectivity index (χ2v) is 5.80. The summed E-state index contributed by atoms with van der Waals surface area (Å²) in [5.74, 6) is 0.921. The monoisotopic (exact) mass is 280 g/mol. The van der Waals surface area contributed by atoms with Gasteiger partial charge in [-0.3, -0.25) is 0 Å². The van der Waals surface area contributed by atoms with Crippen LogP contribution in [0.5, 0.6) is 0 Å². The van der Waals surface area contributed by atoms with Crippen molar-refractivity contribution in [2.45, 2.75) is 46.1 Å². The molecule has 0 aromatic carbocycles. The van der Waals surface area contributed by atoms with E-state index in [0.717, 1.165) is 32.5 Å². The van der Waals surface area contributed by atoms with Gasteiger partial charge < -0.3 is 10.2 Å². The Bertz CT molecular complexity index is 428. The minimum Gasteiger partial charge on any atom is -0.354 e. The smallest absolute Gasteiger partial charge is 0.187 e. The highest BCUT2D eigenvalue weighted by Crippen LogP contribution is 2.24. The van der Waals surface area contributed by atoms with E-state index in [4.69, 9.17) is 0 Å². The van der Waals surface area contributed by atoms with Crippen molar-refractivity contribution in [1.29, 1.82) is 0 Å². The van der Waals surface area contributed by atoms with Crippen LogP contribution in [0.1, 0.15) is 39.3 Å². The standard InChI is InChI=1S/C15H25FN4/c1-4-13-14(16)15(19-10-18-13)20-7-5-12(6-8-20)9-17-11(2)3/h10-12,17H,4-9H2,1-3H3. The number of aromatic nitrogens is 2. The average molecular weight is 280 g/mol. The van der Waals surface area contributed by atoms with Gasteiger partial charge in [-0.1, -0.05) is 20.8 Å². The molecule has 1 fully saturated rings. The summed E-state index contributed by atoms with van der Waals surface area (Å²) < 4.78 is 14.2. The number of aryl methyl sites for hydroxylation is 1. The maximum absolute atomic E-state index is 14.2. The molecule has 1 saturated heterocycles. The number of piperidine rings is 1. The van der Waals surface area contributed by atoms with Crippen molar-refractivity contribution in [2.24, 2.45) is 5.92 Å². The van der Waals surface area contributed by atoms with Gasteiger partial charge in [0, 0.05) is 19.1 Å². The number of hydrogen-bond donors (Lipinski definition) is 1. The van der Waals surface area contributed by atoms with Crippen LogP contribution in [-0.4, -0.2) is 35.6 Å². The summed E-state index contributed by atoms with van der Waals surface area (Å²) in [5, 5.41) is 3.48. The van der Waals surface area contributed by atoms with Gasteiger partial charge in [0.25, 0.3) is 0 Å². The largest absolute Gasteiger partial charge is 0.354 e. The molecule has 0 aliphatic carbocycles. The first-order chi connectivity index (χ1) is 9.61. The van der Waals surface area contributed by atoms with Gasteiger partial charge in [-0.05, 0) is 31.7 Å². The maximum Gasteiger partial charge on any atom is 0.187 e. The van der Waals surface area contributed by atoms with Crippen LogP contribution in [-0.2, 0) is 6.42 Å². The third kappa shape index (κ3) is 3.66. The zero-order chi connectivity index (χ0) is 14.5. The molecule has 1 aromatic rings. The number of hydrogen-bond acceptors (Lipinski definition) is 4. The molecule has 0 radical (unpaired) electrons. The molecule has 0 bridgehead atoms. The molecular formula is C15H25FN4. The lowest BCUT2D eigenvalue weighted by atomic mass is 9.96. The zero-order valence-corrected chi connectivity index (χ0v) is 12.7. The van der Waals surface area contributed by atoms with Crippen molar-refractivity contribution in [3.8, 4) is 0 Å². The lowest BCUT2D eigenvalue weighted by molar-refractivity contribution is 0.367. The average Bonchev–Trinajstić information content (AvgIpc) is 2.46. The van der Waals surface area contributed by atoms with Crippen LogP contribution < -0.4 is 10.2 Å². The Kier molecular flexibility index (Phi) is 5.29. The predicted molar refractivity (Wildman–Crippen MR) is 79.4 cm³/mol. The van der Waals surface area contributed by atoms with Crippen LogP contribution in [0.2, 0.25) is 0 Å². The predicted octanol–water partition coefficient (Wildman–Crippen LogP) is 2.39. The summed E-state index contributed by atoms with van der Waals surface area (Å²) in [7, 11) is 0. The normalized spacial score (nSPS) is 16.9. The molecule has 1 aromatic heterocycles. The molecule has 2 rings (SSSR count). The maximum atomic E-state index is 14.2. The molecule has 0 unspecified atom stereocenters. The van der Waals surface area contributed by atoms with Gasteiger partial charge in [0.1, 0.15) is 6.33 Å². The van der Waals surface area contributed by atoms with E-state index in [0.29, 0.717) is 29.9 Å². The first-order valence-electron chi connectivity index (χ1n) is 7.59. The number of halogens is 1. The second kappa shape index (κ2) is 6.97. The van der Waals surface area contributed by atoms with Crippen LogP contribution >= 0.6 is 0 Å². The first kappa shape index (κ1) is 15.2. The van der Waals surface area contributed by atoms with Gasteiger partial charge in [0.15, 0.2) is 11.6 Å². The quantitative estimate of drug-likeness (QED) is 0.899. The van der Waals surface area contributed by atoms with E-state index in [1.54, 1.807) is 0 Å². The van der Waals surface area contributed by atoms with E-state index in [9.17, 15) is 4.39 Å². The fourth-order valence-electron chi connectivity index (χ4n) is 2.61. The van der Waals surface area contributed by atoms with Crippen LogP contribution in [0.25, 0.3) is 0 Å². The van der Waals surface area contributed by atoms with Crippen LogP contribution in [0.15, 0.2) is 6.33 Å².